The lowest BCUT2D eigenvalue weighted by atomic mass is 10.0. The first kappa shape index (κ1) is 15.2. The lowest BCUT2D eigenvalue weighted by Gasteiger charge is -2.34. The van der Waals surface area contributed by atoms with Crippen molar-refractivity contribution in [2.75, 3.05) is 6.54 Å². The first-order valence-corrected chi connectivity index (χ1v) is 8.82. The van der Waals surface area contributed by atoms with E-state index in [-0.39, 0.29) is 12.1 Å². The molecule has 2 aliphatic rings. The summed E-state index contributed by atoms with van der Waals surface area (Å²) in [7, 11) is 0. The smallest absolute Gasteiger partial charge is 0.318 e. The minimum absolute atomic E-state index is 0.00882. The minimum atomic E-state index is -0.0204. The van der Waals surface area contributed by atoms with Gasteiger partial charge in [0.25, 0.3) is 0 Å². The van der Waals surface area contributed by atoms with Crippen LogP contribution in [0.5, 0.6) is 0 Å². The zero-order valence-electron chi connectivity index (χ0n) is 13.7. The number of hydrogen-bond donors (Lipinski definition) is 2. The van der Waals surface area contributed by atoms with E-state index in [0.29, 0.717) is 12.5 Å². The summed E-state index contributed by atoms with van der Waals surface area (Å²) >= 11 is 0. The normalized spacial score (nSPS) is 20.8. The predicted molar refractivity (Wildman–Crippen MR) is 90.3 cm³/mol. The zero-order valence-corrected chi connectivity index (χ0v) is 13.7. The Morgan fingerprint density at radius 3 is 2.83 bits per heavy atom. The highest BCUT2D eigenvalue weighted by Gasteiger charge is 2.33. The number of nitrogens with zero attached hydrogens (tertiary/aromatic N) is 3. The van der Waals surface area contributed by atoms with E-state index >= 15 is 0 Å². The van der Waals surface area contributed by atoms with E-state index in [4.69, 9.17) is 0 Å². The fraction of sp³-hybridized carbons (Fsp3) is 0.500. The summed E-state index contributed by atoms with van der Waals surface area (Å²) < 4.78 is 0. The maximum Gasteiger partial charge on any atom is 0.318 e. The van der Waals surface area contributed by atoms with Crippen LogP contribution in [0.1, 0.15) is 61.3 Å². The van der Waals surface area contributed by atoms with Crippen LogP contribution in [-0.4, -0.2) is 32.7 Å². The minimum Gasteiger partial charge on any atom is -0.334 e. The molecule has 24 heavy (non-hydrogen) atoms. The monoisotopic (exact) mass is 325 g/mol. The molecule has 4 rings (SSSR count). The van der Waals surface area contributed by atoms with Crippen molar-refractivity contribution in [1.82, 2.24) is 25.4 Å². The van der Waals surface area contributed by atoms with E-state index < -0.39 is 0 Å². The number of aromatic amines is 1. The van der Waals surface area contributed by atoms with Crippen LogP contribution >= 0.6 is 0 Å². The summed E-state index contributed by atoms with van der Waals surface area (Å²) in [6, 6.07) is 9.98. The van der Waals surface area contributed by atoms with Crippen LogP contribution < -0.4 is 5.32 Å². The summed E-state index contributed by atoms with van der Waals surface area (Å²) in [6.07, 6.45) is 5.47. The summed E-state index contributed by atoms with van der Waals surface area (Å²) in [4.78, 5) is 19.2. The second-order valence-corrected chi connectivity index (χ2v) is 6.70. The molecule has 0 radical (unpaired) electrons. The lowest BCUT2D eigenvalue weighted by Crippen LogP contribution is -2.44. The van der Waals surface area contributed by atoms with Crippen LogP contribution in [0.4, 0.5) is 4.79 Å². The predicted octanol–water partition coefficient (Wildman–Crippen LogP) is 3.12. The highest BCUT2D eigenvalue weighted by atomic mass is 16.2. The summed E-state index contributed by atoms with van der Waals surface area (Å²) in [5, 5.41) is 10.5. The first-order chi connectivity index (χ1) is 11.8. The number of hydrogen-bond acceptors (Lipinski definition) is 3. The number of H-pyrrole nitrogens is 1. The fourth-order valence-electron chi connectivity index (χ4n) is 3.30. The molecular formula is C18H23N5O. The number of aromatic nitrogens is 3. The largest absolute Gasteiger partial charge is 0.334 e. The highest BCUT2D eigenvalue weighted by Crippen LogP contribution is 2.39. The van der Waals surface area contributed by atoms with Gasteiger partial charge in [-0.3, -0.25) is 5.10 Å². The SMILES string of the molecule is O=C(NCc1ccccc1)N1CCCCC1c1nc(C2CC2)n[nH]1. The van der Waals surface area contributed by atoms with Crippen molar-refractivity contribution in [2.45, 2.75) is 50.6 Å². The van der Waals surface area contributed by atoms with Crippen LogP contribution in [0.3, 0.4) is 0 Å². The van der Waals surface area contributed by atoms with E-state index in [9.17, 15) is 4.79 Å². The summed E-state index contributed by atoms with van der Waals surface area (Å²) in [5.41, 5.74) is 1.11. The summed E-state index contributed by atoms with van der Waals surface area (Å²) in [5.74, 6) is 2.28. The van der Waals surface area contributed by atoms with Gasteiger partial charge in [0.1, 0.15) is 5.82 Å². The molecule has 126 valence electrons. The molecular weight excluding hydrogens is 302 g/mol. The van der Waals surface area contributed by atoms with E-state index in [2.05, 4.69) is 20.5 Å². The number of nitrogens with one attached hydrogen (secondary N) is 2. The van der Waals surface area contributed by atoms with E-state index in [1.165, 1.54) is 12.8 Å². The number of piperidine rings is 1. The molecule has 2 aromatic rings. The molecule has 0 bridgehead atoms. The Labute approximate surface area is 141 Å². The van der Waals surface area contributed by atoms with Crippen LogP contribution in [-0.2, 0) is 6.54 Å². The molecule has 2 N–H and O–H groups in total. The Morgan fingerprint density at radius 2 is 2.04 bits per heavy atom. The maximum atomic E-state index is 12.7. The Morgan fingerprint density at radius 1 is 1.21 bits per heavy atom. The molecule has 1 saturated carbocycles. The van der Waals surface area contributed by atoms with Crippen molar-refractivity contribution in [2.24, 2.45) is 0 Å². The summed E-state index contributed by atoms with van der Waals surface area (Å²) in [6.45, 7) is 1.32. The average molecular weight is 325 g/mol. The molecule has 1 aliphatic heterocycles. The van der Waals surface area contributed by atoms with Crippen molar-refractivity contribution >= 4 is 6.03 Å². The third kappa shape index (κ3) is 3.27. The number of amides is 2. The number of urea groups is 1. The van der Waals surface area contributed by atoms with Gasteiger partial charge in [0, 0.05) is 19.0 Å². The molecule has 1 aromatic heterocycles. The third-order valence-electron chi connectivity index (χ3n) is 4.83. The van der Waals surface area contributed by atoms with Gasteiger partial charge in [-0.2, -0.15) is 5.10 Å². The fourth-order valence-corrected chi connectivity index (χ4v) is 3.30. The van der Waals surface area contributed by atoms with Crippen LogP contribution in [0.25, 0.3) is 0 Å². The van der Waals surface area contributed by atoms with Crippen molar-refractivity contribution in [3.8, 4) is 0 Å². The number of carbonyl (C=O) groups excluding carboxylic acids is 1. The molecule has 1 saturated heterocycles. The van der Waals surface area contributed by atoms with Crippen molar-refractivity contribution in [1.29, 1.82) is 0 Å². The first-order valence-electron chi connectivity index (χ1n) is 8.82. The molecule has 1 aliphatic carbocycles. The van der Waals surface area contributed by atoms with Gasteiger partial charge in [-0.05, 0) is 37.7 Å². The molecule has 0 spiro atoms. The van der Waals surface area contributed by atoms with Crippen LogP contribution in [0.15, 0.2) is 30.3 Å². The molecule has 6 heteroatoms. The molecule has 1 atom stereocenters. The second kappa shape index (κ2) is 6.63. The van der Waals surface area contributed by atoms with E-state index in [0.717, 1.165) is 43.0 Å². The van der Waals surface area contributed by atoms with Gasteiger partial charge < -0.3 is 10.2 Å². The Bertz CT molecular complexity index is 694. The number of rotatable bonds is 4. The van der Waals surface area contributed by atoms with Gasteiger partial charge in [-0.15, -0.1) is 0 Å². The van der Waals surface area contributed by atoms with Crippen molar-refractivity contribution < 1.29 is 4.79 Å². The molecule has 2 amide bonds. The Balaban J connectivity index is 1.43. The van der Waals surface area contributed by atoms with Crippen molar-refractivity contribution in [3.63, 3.8) is 0 Å². The highest BCUT2D eigenvalue weighted by molar-refractivity contribution is 5.74. The van der Waals surface area contributed by atoms with Gasteiger partial charge in [-0.25, -0.2) is 9.78 Å². The third-order valence-corrected chi connectivity index (χ3v) is 4.83. The van der Waals surface area contributed by atoms with Crippen molar-refractivity contribution in [3.05, 3.63) is 47.5 Å². The quantitative estimate of drug-likeness (QED) is 0.907. The number of benzene rings is 1. The van der Waals surface area contributed by atoms with Gasteiger partial charge in [0.15, 0.2) is 5.82 Å². The molecule has 1 unspecified atom stereocenters. The number of likely N-dealkylation sites (tertiary alicyclic amines) is 1. The molecule has 6 nitrogen and oxygen atoms in total. The topological polar surface area (TPSA) is 73.9 Å². The van der Waals surface area contributed by atoms with Gasteiger partial charge in [0.05, 0.1) is 6.04 Å². The molecule has 2 fully saturated rings. The van der Waals surface area contributed by atoms with Crippen LogP contribution in [0, 0.1) is 0 Å². The van der Waals surface area contributed by atoms with Gasteiger partial charge in [-0.1, -0.05) is 30.3 Å². The lowest BCUT2D eigenvalue weighted by molar-refractivity contribution is 0.147. The van der Waals surface area contributed by atoms with Gasteiger partial charge in [0.2, 0.25) is 0 Å². The van der Waals surface area contributed by atoms with Gasteiger partial charge >= 0.3 is 6.03 Å². The Kier molecular flexibility index (Phi) is 4.19. The molecule has 2 heterocycles. The standard InChI is InChI=1S/C18H23N5O/c24-18(19-12-13-6-2-1-3-7-13)23-11-5-4-8-15(23)17-20-16(21-22-17)14-9-10-14/h1-3,6-7,14-15H,4-5,8-12H2,(H,19,24)(H,20,21,22). The van der Waals surface area contributed by atoms with E-state index in [1.807, 2.05) is 35.2 Å². The average Bonchev–Trinajstić information content (AvgIpc) is 3.38. The maximum absolute atomic E-state index is 12.7. The second-order valence-electron chi connectivity index (χ2n) is 6.70. The van der Waals surface area contributed by atoms with E-state index in [1.54, 1.807) is 0 Å². The number of carbonyl (C=O) groups is 1. The zero-order chi connectivity index (χ0) is 16.4. The van der Waals surface area contributed by atoms with Crippen LogP contribution in [0.2, 0.25) is 0 Å². The molecule has 1 aromatic carbocycles. The Hall–Kier alpha value is -2.37.